The van der Waals surface area contributed by atoms with Crippen molar-refractivity contribution in [1.29, 1.82) is 0 Å². The van der Waals surface area contributed by atoms with Crippen LogP contribution in [-0.2, 0) is 0 Å². The highest BCUT2D eigenvalue weighted by molar-refractivity contribution is 7.19. The van der Waals surface area contributed by atoms with Crippen LogP contribution >= 0.6 is 11.3 Å². The first-order valence-corrected chi connectivity index (χ1v) is 8.11. The van der Waals surface area contributed by atoms with Crippen molar-refractivity contribution in [1.82, 2.24) is 0 Å². The maximum absolute atomic E-state index is 2.31. The molecule has 0 atom stereocenters. The van der Waals surface area contributed by atoms with Gasteiger partial charge < -0.3 is 0 Å². The largest absolute Gasteiger partial charge is 0.141 e. The van der Waals surface area contributed by atoms with Gasteiger partial charge in [0.25, 0.3) is 0 Å². The Labute approximate surface area is 130 Å². The summed E-state index contributed by atoms with van der Waals surface area (Å²) in [6.45, 7) is 8.63. The summed E-state index contributed by atoms with van der Waals surface area (Å²) < 4.78 is 1.37. The Kier molecular flexibility index (Phi) is 3.69. The summed E-state index contributed by atoms with van der Waals surface area (Å²) >= 11 is 1.87. The lowest BCUT2D eigenvalue weighted by Gasteiger charge is -2.07. The van der Waals surface area contributed by atoms with Gasteiger partial charge in [0.1, 0.15) is 0 Å². The second kappa shape index (κ2) is 5.50. The molecular formula is C20H20S. The van der Waals surface area contributed by atoms with Crippen molar-refractivity contribution >= 4 is 27.5 Å². The van der Waals surface area contributed by atoms with E-state index in [-0.39, 0.29) is 0 Å². The van der Waals surface area contributed by atoms with E-state index in [2.05, 4.69) is 76.2 Å². The first kappa shape index (κ1) is 14.1. The highest BCUT2D eigenvalue weighted by atomic mass is 32.1. The van der Waals surface area contributed by atoms with Crippen molar-refractivity contribution in [3.05, 3.63) is 64.0 Å². The Hall–Kier alpha value is -1.86. The maximum Gasteiger partial charge on any atom is 0.0351 e. The molecule has 0 aliphatic carbocycles. The smallest absolute Gasteiger partial charge is 0.0351 e. The van der Waals surface area contributed by atoms with Crippen molar-refractivity contribution in [2.75, 3.05) is 0 Å². The zero-order chi connectivity index (χ0) is 15.0. The summed E-state index contributed by atoms with van der Waals surface area (Å²) in [5.74, 6) is 0. The highest BCUT2D eigenvalue weighted by Crippen LogP contribution is 2.31. The lowest BCUT2D eigenvalue weighted by Crippen LogP contribution is -1.84. The molecule has 3 rings (SSSR count). The third kappa shape index (κ3) is 2.93. The molecule has 2 aromatic carbocycles. The summed E-state index contributed by atoms with van der Waals surface area (Å²) in [4.78, 5) is 1.37. The minimum absolute atomic E-state index is 1.30. The molecule has 0 saturated heterocycles. The number of rotatable bonds is 2. The van der Waals surface area contributed by atoms with E-state index in [0.29, 0.717) is 0 Å². The summed E-state index contributed by atoms with van der Waals surface area (Å²) in [5, 5.41) is 1.35. The predicted octanol–water partition coefficient (Wildman–Crippen LogP) is 6.61. The SMILES string of the molecule is CC(C)=Cc1ccc(-c2ccc3cc(C)sc3c2)cc1C. The fourth-order valence-electron chi connectivity index (χ4n) is 2.67. The second-order valence-electron chi connectivity index (χ2n) is 5.90. The van der Waals surface area contributed by atoms with Crippen molar-refractivity contribution < 1.29 is 0 Å². The standard InChI is InChI=1S/C20H20S/c1-13(2)9-16-5-6-17(10-14(16)3)18-7-8-19-11-15(4)21-20(19)12-18/h5-12H,1-4H3. The number of hydrogen-bond donors (Lipinski definition) is 0. The highest BCUT2D eigenvalue weighted by Gasteiger charge is 2.04. The molecule has 106 valence electrons. The molecule has 1 heteroatoms. The number of thiophene rings is 1. The Morgan fingerprint density at radius 2 is 1.62 bits per heavy atom. The third-order valence-corrected chi connectivity index (χ3v) is 4.70. The predicted molar refractivity (Wildman–Crippen MR) is 96.1 cm³/mol. The van der Waals surface area contributed by atoms with Gasteiger partial charge in [-0.05, 0) is 67.5 Å². The number of benzene rings is 2. The summed E-state index contributed by atoms with van der Waals surface area (Å²) in [6, 6.07) is 15.8. The van der Waals surface area contributed by atoms with E-state index in [1.54, 1.807) is 0 Å². The normalized spacial score (nSPS) is 10.9. The average molecular weight is 292 g/mol. The third-order valence-electron chi connectivity index (χ3n) is 3.69. The molecule has 1 aromatic heterocycles. The van der Waals surface area contributed by atoms with Crippen LogP contribution in [0.1, 0.15) is 29.9 Å². The summed E-state index contributed by atoms with van der Waals surface area (Å²) in [5.41, 5.74) is 6.58. The molecule has 0 aliphatic heterocycles. The number of aryl methyl sites for hydroxylation is 2. The molecule has 0 spiro atoms. The summed E-state index contributed by atoms with van der Waals surface area (Å²) in [7, 11) is 0. The van der Waals surface area contributed by atoms with Gasteiger partial charge in [0.2, 0.25) is 0 Å². The van der Waals surface area contributed by atoms with Gasteiger partial charge in [0, 0.05) is 9.58 Å². The summed E-state index contributed by atoms with van der Waals surface area (Å²) in [6.07, 6.45) is 2.24. The first-order valence-electron chi connectivity index (χ1n) is 7.29. The van der Waals surface area contributed by atoms with Crippen LogP contribution in [0.15, 0.2) is 48.0 Å². The van der Waals surface area contributed by atoms with Gasteiger partial charge in [0.15, 0.2) is 0 Å². The van der Waals surface area contributed by atoms with E-state index >= 15 is 0 Å². The molecule has 0 N–H and O–H groups in total. The molecule has 0 nitrogen and oxygen atoms in total. The molecule has 0 unspecified atom stereocenters. The van der Waals surface area contributed by atoms with Crippen molar-refractivity contribution in [3.63, 3.8) is 0 Å². The van der Waals surface area contributed by atoms with Crippen molar-refractivity contribution in [3.8, 4) is 11.1 Å². The fraction of sp³-hybridized carbons (Fsp3) is 0.200. The lowest BCUT2D eigenvalue weighted by molar-refractivity contribution is 1.39. The zero-order valence-electron chi connectivity index (χ0n) is 13.0. The van der Waals surface area contributed by atoms with Gasteiger partial charge in [-0.15, -0.1) is 11.3 Å². The zero-order valence-corrected chi connectivity index (χ0v) is 13.8. The Balaban J connectivity index is 2.05. The van der Waals surface area contributed by atoms with Gasteiger partial charge in [-0.2, -0.15) is 0 Å². The molecule has 21 heavy (non-hydrogen) atoms. The molecule has 0 aliphatic rings. The quantitative estimate of drug-likeness (QED) is 0.498. The fourth-order valence-corrected chi connectivity index (χ4v) is 3.64. The Bertz CT molecular complexity index is 830. The molecule has 0 amide bonds. The van der Waals surface area contributed by atoms with Crippen LogP contribution in [0.2, 0.25) is 0 Å². The van der Waals surface area contributed by atoms with Crippen LogP contribution in [0.5, 0.6) is 0 Å². The van der Waals surface area contributed by atoms with Gasteiger partial charge in [0.05, 0.1) is 0 Å². The van der Waals surface area contributed by atoms with Gasteiger partial charge in [-0.3, -0.25) is 0 Å². The molecule has 0 radical (unpaired) electrons. The van der Waals surface area contributed by atoms with Gasteiger partial charge in [-0.25, -0.2) is 0 Å². The number of allylic oxidation sites excluding steroid dienone is 1. The number of fused-ring (bicyclic) bond motifs is 1. The van der Waals surface area contributed by atoms with Crippen LogP contribution in [-0.4, -0.2) is 0 Å². The molecule has 0 bridgehead atoms. The van der Waals surface area contributed by atoms with E-state index in [4.69, 9.17) is 0 Å². The van der Waals surface area contributed by atoms with Gasteiger partial charge in [-0.1, -0.05) is 42.0 Å². The van der Waals surface area contributed by atoms with E-state index in [1.807, 2.05) is 11.3 Å². The van der Waals surface area contributed by atoms with Crippen LogP contribution < -0.4 is 0 Å². The topological polar surface area (TPSA) is 0 Å². The Morgan fingerprint density at radius 3 is 2.33 bits per heavy atom. The van der Waals surface area contributed by atoms with Crippen molar-refractivity contribution in [2.24, 2.45) is 0 Å². The Morgan fingerprint density at radius 1 is 0.905 bits per heavy atom. The van der Waals surface area contributed by atoms with Crippen LogP contribution in [0.3, 0.4) is 0 Å². The average Bonchev–Trinajstić information content (AvgIpc) is 2.79. The van der Waals surface area contributed by atoms with E-state index in [1.165, 1.54) is 42.8 Å². The van der Waals surface area contributed by atoms with Crippen LogP contribution in [0.25, 0.3) is 27.3 Å². The molecule has 3 aromatic rings. The van der Waals surface area contributed by atoms with Crippen LogP contribution in [0, 0.1) is 13.8 Å². The monoisotopic (exact) mass is 292 g/mol. The second-order valence-corrected chi connectivity index (χ2v) is 7.19. The van der Waals surface area contributed by atoms with Crippen molar-refractivity contribution in [2.45, 2.75) is 27.7 Å². The molecule has 1 heterocycles. The molecule has 0 saturated carbocycles. The van der Waals surface area contributed by atoms with E-state index in [9.17, 15) is 0 Å². The molecule has 0 fully saturated rings. The van der Waals surface area contributed by atoms with E-state index in [0.717, 1.165) is 0 Å². The number of hydrogen-bond acceptors (Lipinski definition) is 1. The minimum Gasteiger partial charge on any atom is -0.141 e. The maximum atomic E-state index is 2.31. The minimum atomic E-state index is 1.30. The van der Waals surface area contributed by atoms with Gasteiger partial charge >= 0.3 is 0 Å². The first-order chi connectivity index (χ1) is 10.0. The van der Waals surface area contributed by atoms with E-state index < -0.39 is 0 Å². The molecular weight excluding hydrogens is 272 g/mol. The lowest BCUT2D eigenvalue weighted by atomic mass is 9.98. The van der Waals surface area contributed by atoms with Crippen LogP contribution in [0.4, 0.5) is 0 Å².